The molecular weight excluding hydrogens is 340 g/mol. The number of carbonyl (C=O) groups excluding carboxylic acids is 1. The van der Waals surface area contributed by atoms with Gasteiger partial charge in [0, 0.05) is 11.8 Å². The van der Waals surface area contributed by atoms with Crippen LogP contribution in [0, 0.1) is 6.92 Å². The number of ether oxygens (including phenoxy) is 3. The molecule has 0 aliphatic carbocycles. The summed E-state index contributed by atoms with van der Waals surface area (Å²) in [7, 11) is 3.11. The molecule has 2 heterocycles. The van der Waals surface area contributed by atoms with Gasteiger partial charge in [0.2, 0.25) is 5.69 Å². The van der Waals surface area contributed by atoms with Crippen LogP contribution >= 0.6 is 0 Å². The Kier molecular flexibility index (Phi) is 4.87. The van der Waals surface area contributed by atoms with E-state index in [0.29, 0.717) is 34.2 Å². The Balaban J connectivity index is 2.07. The molecule has 3 aromatic rings. The van der Waals surface area contributed by atoms with E-state index in [2.05, 4.69) is 20.4 Å². The first-order valence-corrected chi connectivity index (χ1v) is 7.87. The molecule has 9 nitrogen and oxygen atoms in total. The van der Waals surface area contributed by atoms with Gasteiger partial charge in [-0.05, 0) is 26.0 Å². The molecule has 1 aromatic carbocycles. The van der Waals surface area contributed by atoms with Gasteiger partial charge in [0.15, 0.2) is 11.5 Å². The zero-order valence-corrected chi connectivity index (χ0v) is 14.8. The lowest BCUT2D eigenvalue weighted by molar-refractivity contribution is 0.0517. The van der Waals surface area contributed by atoms with Gasteiger partial charge in [0.1, 0.15) is 17.0 Å². The van der Waals surface area contributed by atoms with Crippen molar-refractivity contribution in [3.05, 3.63) is 29.7 Å². The second-order valence-electron chi connectivity index (χ2n) is 5.25. The van der Waals surface area contributed by atoms with Gasteiger partial charge < -0.3 is 24.1 Å². The number of hydrogen-bond acceptors (Lipinski definition) is 9. The number of esters is 1. The fourth-order valence-electron chi connectivity index (χ4n) is 2.44. The van der Waals surface area contributed by atoms with Gasteiger partial charge in [-0.15, -0.1) is 0 Å². The quantitative estimate of drug-likeness (QED) is 0.665. The summed E-state index contributed by atoms with van der Waals surface area (Å²) in [5, 5.41) is 7.28. The Morgan fingerprint density at radius 2 is 1.96 bits per heavy atom. The number of carbonyl (C=O) groups is 1. The second kappa shape index (κ2) is 7.26. The van der Waals surface area contributed by atoms with Crippen LogP contribution in [0.15, 0.2) is 22.7 Å². The van der Waals surface area contributed by atoms with Crippen molar-refractivity contribution in [1.82, 2.24) is 15.1 Å². The minimum atomic E-state index is -0.603. The van der Waals surface area contributed by atoms with E-state index in [0.717, 1.165) is 0 Å². The number of fused-ring (bicyclic) bond motifs is 1. The molecule has 26 heavy (non-hydrogen) atoms. The molecule has 9 heteroatoms. The standard InChI is InChI=1S/C17H18N4O5/c1-5-25-17(22)14-13-15(18-9(2)19-16(13)26-21-14)20-10-6-7-11(23-3)12(8-10)24-4/h6-8H,5H2,1-4H3,(H,18,19,20). The summed E-state index contributed by atoms with van der Waals surface area (Å²) in [5.41, 5.74) is 0.895. The Hall–Kier alpha value is -3.36. The molecule has 1 N–H and O–H groups in total. The van der Waals surface area contributed by atoms with Crippen LogP contribution in [0.4, 0.5) is 11.5 Å². The fourth-order valence-corrected chi connectivity index (χ4v) is 2.44. The number of nitrogens with zero attached hydrogens (tertiary/aromatic N) is 3. The highest BCUT2D eigenvalue weighted by atomic mass is 16.5. The number of anilines is 2. The first-order valence-electron chi connectivity index (χ1n) is 7.87. The number of benzene rings is 1. The molecule has 3 rings (SSSR count). The zero-order valence-electron chi connectivity index (χ0n) is 14.8. The van der Waals surface area contributed by atoms with E-state index >= 15 is 0 Å². The molecule has 0 saturated carbocycles. The van der Waals surface area contributed by atoms with Gasteiger partial charge in [-0.3, -0.25) is 0 Å². The van der Waals surface area contributed by atoms with Crippen LogP contribution in [0.5, 0.6) is 11.5 Å². The molecule has 0 unspecified atom stereocenters. The highest BCUT2D eigenvalue weighted by Crippen LogP contribution is 2.33. The van der Waals surface area contributed by atoms with Crippen molar-refractivity contribution in [2.45, 2.75) is 13.8 Å². The summed E-state index contributed by atoms with van der Waals surface area (Å²) in [4.78, 5) is 20.7. The van der Waals surface area contributed by atoms with E-state index in [-0.39, 0.29) is 18.0 Å². The van der Waals surface area contributed by atoms with Gasteiger partial charge >= 0.3 is 5.97 Å². The molecular formula is C17H18N4O5. The number of hydrogen-bond donors (Lipinski definition) is 1. The first kappa shape index (κ1) is 17.5. The fraction of sp³-hybridized carbons (Fsp3) is 0.294. The van der Waals surface area contributed by atoms with Gasteiger partial charge in [0.25, 0.3) is 5.71 Å². The van der Waals surface area contributed by atoms with Gasteiger partial charge in [0.05, 0.1) is 20.8 Å². The first-order chi connectivity index (χ1) is 12.6. The van der Waals surface area contributed by atoms with E-state index in [9.17, 15) is 4.79 Å². The average Bonchev–Trinajstić information content (AvgIpc) is 3.05. The van der Waals surface area contributed by atoms with Crippen molar-refractivity contribution in [2.24, 2.45) is 0 Å². The monoisotopic (exact) mass is 358 g/mol. The molecule has 2 aromatic heterocycles. The van der Waals surface area contributed by atoms with Crippen molar-refractivity contribution in [3.63, 3.8) is 0 Å². The van der Waals surface area contributed by atoms with Crippen LogP contribution in [0.25, 0.3) is 11.1 Å². The SMILES string of the molecule is CCOC(=O)c1noc2nc(C)nc(Nc3ccc(OC)c(OC)c3)c12. The largest absolute Gasteiger partial charge is 0.493 e. The lowest BCUT2D eigenvalue weighted by atomic mass is 10.2. The van der Waals surface area contributed by atoms with Crippen LogP contribution in [-0.4, -0.2) is 41.9 Å². The molecule has 136 valence electrons. The highest BCUT2D eigenvalue weighted by Gasteiger charge is 2.23. The average molecular weight is 358 g/mol. The normalized spacial score (nSPS) is 10.6. The summed E-state index contributed by atoms with van der Waals surface area (Å²) in [5.74, 6) is 1.39. The van der Waals surface area contributed by atoms with Crippen LogP contribution in [-0.2, 0) is 4.74 Å². The van der Waals surface area contributed by atoms with Gasteiger partial charge in [-0.2, -0.15) is 4.98 Å². The van der Waals surface area contributed by atoms with E-state index in [1.807, 2.05) is 0 Å². The minimum Gasteiger partial charge on any atom is -0.493 e. The zero-order chi connectivity index (χ0) is 18.7. The molecule has 0 fully saturated rings. The Morgan fingerprint density at radius 1 is 1.19 bits per heavy atom. The van der Waals surface area contributed by atoms with E-state index in [1.54, 1.807) is 46.3 Å². The molecule has 0 aliphatic rings. The molecule has 0 aliphatic heterocycles. The number of aromatic nitrogens is 3. The van der Waals surface area contributed by atoms with Crippen molar-refractivity contribution in [3.8, 4) is 11.5 Å². The van der Waals surface area contributed by atoms with Gasteiger partial charge in [-0.1, -0.05) is 5.16 Å². The van der Waals surface area contributed by atoms with Crippen LogP contribution in [0.3, 0.4) is 0 Å². The number of aryl methyl sites for hydroxylation is 1. The van der Waals surface area contributed by atoms with Crippen LogP contribution in [0.2, 0.25) is 0 Å². The molecule has 0 atom stereocenters. The molecule has 0 radical (unpaired) electrons. The summed E-state index contributed by atoms with van der Waals surface area (Å²) in [6.45, 7) is 3.65. The number of rotatable bonds is 6. The van der Waals surface area contributed by atoms with Crippen molar-refractivity contribution in [2.75, 3.05) is 26.1 Å². The topological polar surface area (TPSA) is 109 Å². The molecule has 0 spiro atoms. The lowest BCUT2D eigenvalue weighted by Gasteiger charge is -2.11. The van der Waals surface area contributed by atoms with Gasteiger partial charge in [-0.25, -0.2) is 9.78 Å². The second-order valence-corrected chi connectivity index (χ2v) is 5.25. The predicted molar refractivity (Wildman–Crippen MR) is 93.1 cm³/mol. The third-order valence-electron chi connectivity index (χ3n) is 3.56. The molecule has 0 bridgehead atoms. The maximum Gasteiger partial charge on any atom is 0.361 e. The number of methoxy groups -OCH3 is 2. The molecule has 0 amide bonds. The lowest BCUT2D eigenvalue weighted by Crippen LogP contribution is -2.07. The summed E-state index contributed by atoms with van der Waals surface area (Å²) in [6.07, 6.45) is 0. The van der Waals surface area contributed by atoms with E-state index in [1.165, 1.54) is 0 Å². The minimum absolute atomic E-state index is 0.0184. The van der Waals surface area contributed by atoms with Crippen molar-refractivity contribution in [1.29, 1.82) is 0 Å². The van der Waals surface area contributed by atoms with Crippen LogP contribution < -0.4 is 14.8 Å². The molecule has 0 saturated heterocycles. The maximum absolute atomic E-state index is 12.1. The summed E-state index contributed by atoms with van der Waals surface area (Å²) >= 11 is 0. The third kappa shape index (κ3) is 3.23. The highest BCUT2D eigenvalue weighted by molar-refractivity contribution is 6.05. The Bertz CT molecular complexity index is 954. The van der Waals surface area contributed by atoms with E-state index in [4.69, 9.17) is 18.7 Å². The summed E-state index contributed by atoms with van der Waals surface area (Å²) in [6, 6.07) is 5.30. The smallest absolute Gasteiger partial charge is 0.361 e. The van der Waals surface area contributed by atoms with Crippen molar-refractivity contribution >= 4 is 28.6 Å². The summed E-state index contributed by atoms with van der Waals surface area (Å²) < 4.78 is 20.7. The Labute approximate surface area is 149 Å². The van der Waals surface area contributed by atoms with Crippen LogP contribution in [0.1, 0.15) is 23.2 Å². The Morgan fingerprint density at radius 3 is 2.65 bits per heavy atom. The number of nitrogens with one attached hydrogen (secondary N) is 1. The predicted octanol–water partition coefficient (Wildman–Crippen LogP) is 2.86. The van der Waals surface area contributed by atoms with Crippen molar-refractivity contribution < 1.29 is 23.5 Å². The third-order valence-corrected chi connectivity index (χ3v) is 3.56. The van der Waals surface area contributed by atoms with E-state index < -0.39 is 5.97 Å². The maximum atomic E-state index is 12.1.